The number of carbonyl (C=O) groups excluding carboxylic acids is 1. The third-order valence-corrected chi connectivity index (χ3v) is 1.65. The molecule has 0 aliphatic heterocycles. The standard InChI is InChI=1S/C9H10N3O.CH3N2/c10-12-6-2-4-9(13)8-3-1-5-11-7-8;1-3-2/h1,3,5,7H,2,4,6H2;1H3/q2*+1. The minimum absolute atomic E-state index is 0.0387. The summed E-state index contributed by atoms with van der Waals surface area (Å²) in [6.45, 7) is 0.312. The van der Waals surface area contributed by atoms with Gasteiger partial charge in [0, 0.05) is 30.8 Å². The van der Waals surface area contributed by atoms with E-state index in [1.807, 2.05) is 0 Å². The van der Waals surface area contributed by atoms with Gasteiger partial charge in [-0.15, -0.1) is 0 Å². The van der Waals surface area contributed by atoms with Gasteiger partial charge in [0.15, 0.2) is 5.78 Å². The van der Waals surface area contributed by atoms with Gasteiger partial charge in [0.1, 0.15) is 9.95 Å². The van der Waals surface area contributed by atoms with Crippen LogP contribution < -0.4 is 0 Å². The van der Waals surface area contributed by atoms with Gasteiger partial charge in [0.25, 0.3) is 7.05 Å². The van der Waals surface area contributed by atoms with Crippen LogP contribution in [0.1, 0.15) is 23.2 Å². The number of hydrogen-bond acceptors (Lipinski definition) is 4. The summed E-state index contributed by atoms with van der Waals surface area (Å²) in [6.07, 6.45) is 4.14. The number of aromatic nitrogens is 1. The quantitative estimate of drug-likeness (QED) is 0.442. The van der Waals surface area contributed by atoms with E-state index in [4.69, 9.17) is 10.8 Å². The SMILES string of the molecule is C[N+]#N.N#[N+]CCCC(=O)c1cccnc1. The highest BCUT2D eigenvalue weighted by molar-refractivity contribution is 5.95. The first kappa shape index (κ1) is 13.7. The van der Waals surface area contributed by atoms with Crippen molar-refractivity contribution in [1.29, 1.82) is 10.8 Å². The van der Waals surface area contributed by atoms with Crippen LogP contribution >= 0.6 is 0 Å². The Kier molecular flexibility index (Phi) is 7.88. The van der Waals surface area contributed by atoms with Crippen molar-refractivity contribution in [2.75, 3.05) is 13.6 Å². The van der Waals surface area contributed by atoms with E-state index >= 15 is 0 Å². The van der Waals surface area contributed by atoms with Crippen LogP contribution in [0, 0.1) is 10.8 Å². The van der Waals surface area contributed by atoms with E-state index in [-0.39, 0.29) is 5.78 Å². The second-order valence-electron chi connectivity index (χ2n) is 2.83. The van der Waals surface area contributed by atoms with Gasteiger partial charge in [-0.25, -0.2) is 0 Å². The normalized spacial score (nSPS) is 7.94. The molecule has 0 aliphatic carbocycles. The zero-order valence-corrected chi connectivity index (χ0v) is 9.08. The van der Waals surface area contributed by atoms with E-state index in [0.717, 1.165) is 0 Å². The molecule has 0 bridgehead atoms. The lowest BCUT2D eigenvalue weighted by Crippen LogP contribution is -1.99. The second kappa shape index (κ2) is 9.22. The van der Waals surface area contributed by atoms with Gasteiger partial charge in [0.05, 0.1) is 0 Å². The van der Waals surface area contributed by atoms with Gasteiger partial charge in [-0.2, -0.15) is 0 Å². The van der Waals surface area contributed by atoms with Crippen LogP contribution in [-0.4, -0.2) is 24.4 Å². The number of Topliss-reactive ketones (excluding diaryl/α,β-unsaturated/α-hetero) is 1. The smallest absolute Gasteiger partial charge is 0.294 e. The Balaban J connectivity index is 0.000000673. The van der Waals surface area contributed by atoms with Gasteiger partial charge in [0.2, 0.25) is 10.8 Å². The average molecular weight is 219 g/mol. The van der Waals surface area contributed by atoms with Crippen LogP contribution in [0.2, 0.25) is 0 Å². The van der Waals surface area contributed by atoms with Gasteiger partial charge in [-0.1, -0.05) is 0 Å². The fourth-order valence-electron chi connectivity index (χ4n) is 0.982. The summed E-state index contributed by atoms with van der Waals surface area (Å²) in [5, 5.41) is 15.3. The van der Waals surface area contributed by atoms with Crippen LogP contribution in [0.25, 0.3) is 9.95 Å². The van der Waals surface area contributed by atoms with Gasteiger partial charge in [-0.05, 0) is 12.1 Å². The monoisotopic (exact) mass is 219 g/mol. The summed E-state index contributed by atoms with van der Waals surface area (Å²) in [5.74, 6) is 0.0387. The molecule has 6 nitrogen and oxygen atoms in total. The van der Waals surface area contributed by atoms with E-state index in [1.54, 1.807) is 24.5 Å². The molecule has 1 aromatic heterocycles. The molecule has 1 aromatic rings. The largest absolute Gasteiger partial charge is 0.306 e. The molecule has 16 heavy (non-hydrogen) atoms. The first-order chi connectivity index (χ1) is 7.76. The highest BCUT2D eigenvalue weighted by Crippen LogP contribution is 2.03. The van der Waals surface area contributed by atoms with Crippen LogP contribution in [0.15, 0.2) is 24.5 Å². The van der Waals surface area contributed by atoms with Gasteiger partial charge >= 0.3 is 6.54 Å². The van der Waals surface area contributed by atoms with Crippen LogP contribution in [0.3, 0.4) is 0 Å². The van der Waals surface area contributed by atoms with Crippen molar-refractivity contribution in [1.82, 2.24) is 4.98 Å². The fourth-order valence-corrected chi connectivity index (χ4v) is 0.982. The summed E-state index contributed by atoms with van der Waals surface area (Å²) < 4.78 is 0. The maximum absolute atomic E-state index is 11.4. The Hall–Kier alpha value is -2.34. The van der Waals surface area contributed by atoms with Gasteiger partial charge in [-0.3, -0.25) is 9.78 Å². The molecule has 0 radical (unpaired) electrons. The zero-order chi connectivity index (χ0) is 12.2. The third-order valence-electron chi connectivity index (χ3n) is 1.65. The van der Waals surface area contributed by atoms with Gasteiger partial charge < -0.3 is 0 Å². The lowest BCUT2D eigenvalue weighted by Gasteiger charge is -1.95. The molecule has 0 atom stereocenters. The molecule has 6 heteroatoms. The predicted octanol–water partition coefficient (Wildman–Crippen LogP) is 2.37. The number of pyridine rings is 1. The molecule has 1 rings (SSSR count). The van der Waals surface area contributed by atoms with Crippen molar-refractivity contribution in [3.8, 4) is 0 Å². The molecule has 0 aliphatic rings. The van der Waals surface area contributed by atoms with E-state index < -0.39 is 0 Å². The lowest BCUT2D eigenvalue weighted by atomic mass is 10.1. The molecule has 0 saturated carbocycles. The Bertz CT molecular complexity index is 390. The molecule has 82 valence electrons. The number of diazo groups is 2. The summed E-state index contributed by atoms with van der Waals surface area (Å²) >= 11 is 0. The molecular weight excluding hydrogens is 206 g/mol. The van der Waals surface area contributed by atoms with E-state index in [1.165, 1.54) is 7.05 Å². The average Bonchev–Trinajstić information content (AvgIpc) is 2.31. The van der Waals surface area contributed by atoms with Crippen LogP contribution in [0.4, 0.5) is 0 Å². The van der Waals surface area contributed by atoms with Crippen molar-refractivity contribution in [2.24, 2.45) is 0 Å². The van der Waals surface area contributed by atoms with E-state index in [2.05, 4.69) is 14.9 Å². The first-order valence-corrected chi connectivity index (χ1v) is 4.73. The first-order valence-electron chi connectivity index (χ1n) is 4.73. The molecule has 0 unspecified atom stereocenters. The topological polar surface area (TPSA) is 86.3 Å². The van der Waals surface area contributed by atoms with Crippen LogP contribution in [0.5, 0.6) is 0 Å². The molecule has 0 aromatic carbocycles. The van der Waals surface area contributed by atoms with E-state index in [9.17, 15) is 4.79 Å². The van der Waals surface area contributed by atoms with Crippen molar-refractivity contribution in [2.45, 2.75) is 12.8 Å². The predicted molar refractivity (Wildman–Crippen MR) is 58.8 cm³/mol. The van der Waals surface area contributed by atoms with Crippen molar-refractivity contribution in [3.05, 3.63) is 40.0 Å². The molecule has 0 fully saturated rings. The van der Waals surface area contributed by atoms with Crippen LogP contribution in [-0.2, 0) is 0 Å². The van der Waals surface area contributed by atoms with Crippen molar-refractivity contribution < 1.29 is 4.79 Å². The minimum Gasteiger partial charge on any atom is -0.294 e. The Morgan fingerprint density at radius 1 is 1.50 bits per heavy atom. The van der Waals surface area contributed by atoms with Crippen molar-refractivity contribution in [3.63, 3.8) is 0 Å². The minimum atomic E-state index is 0.0387. The lowest BCUT2D eigenvalue weighted by molar-refractivity contribution is 0.0981. The maximum Gasteiger partial charge on any atom is 0.306 e. The molecule has 0 amide bonds. The number of rotatable bonds is 4. The number of hydrogen-bond donors (Lipinski definition) is 0. The zero-order valence-electron chi connectivity index (χ0n) is 9.08. The highest BCUT2D eigenvalue weighted by atomic mass is 16.1. The summed E-state index contributed by atoms with van der Waals surface area (Å²) in [5.41, 5.74) is 0.612. The summed E-state index contributed by atoms with van der Waals surface area (Å²) in [4.78, 5) is 20.6. The Morgan fingerprint density at radius 3 is 2.69 bits per heavy atom. The second-order valence-corrected chi connectivity index (χ2v) is 2.83. The molecule has 0 spiro atoms. The third kappa shape index (κ3) is 6.17. The van der Waals surface area contributed by atoms with E-state index in [0.29, 0.717) is 24.9 Å². The highest BCUT2D eigenvalue weighted by Gasteiger charge is 2.06. The molecule has 1 heterocycles. The molecule has 0 saturated heterocycles. The molecular formula is C10H13N5O+2. The number of nitrogens with zero attached hydrogens (tertiary/aromatic N) is 5. The summed E-state index contributed by atoms with van der Waals surface area (Å²) in [6, 6.07) is 3.45. The molecule has 0 N–H and O–H groups in total. The number of ketones is 1. The maximum atomic E-state index is 11.4. The Labute approximate surface area is 93.6 Å². The van der Waals surface area contributed by atoms with Crippen molar-refractivity contribution >= 4 is 5.78 Å². The fraction of sp³-hybridized carbons (Fsp3) is 0.400. The number of carbonyl (C=O) groups is 1. The Morgan fingerprint density at radius 2 is 2.19 bits per heavy atom. The summed E-state index contributed by atoms with van der Waals surface area (Å²) in [7, 11) is 1.31.